The van der Waals surface area contributed by atoms with Gasteiger partial charge in [0, 0.05) is 38.8 Å². The molecule has 3 nitrogen and oxygen atoms in total. The van der Waals surface area contributed by atoms with Crippen LogP contribution >= 0.6 is 0 Å². The molecule has 0 fully saturated rings. The summed E-state index contributed by atoms with van der Waals surface area (Å²) in [5, 5.41) is 4.62. The Morgan fingerprint density at radius 2 is 0.953 bits per heavy atom. The van der Waals surface area contributed by atoms with Crippen LogP contribution in [-0.2, 0) is 0 Å². The van der Waals surface area contributed by atoms with E-state index in [2.05, 4.69) is 253 Å². The predicted molar refractivity (Wildman–Crippen MR) is 269 cm³/mol. The molecule has 0 N–H and O–H groups in total. The zero-order chi connectivity index (χ0) is 42.6. The van der Waals surface area contributed by atoms with E-state index in [-0.39, 0.29) is 0 Å². The third-order valence-corrected chi connectivity index (χ3v) is 12.7. The molecule has 0 atom stereocenters. The summed E-state index contributed by atoms with van der Waals surface area (Å²) in [6.07, 6.45) is 0. The Morgan fingerprint density at radius 1 is 0.391 bits per heavy atom. The van der Waals surface area contributed by atoms with Gasteiger partial charge < -0.3 is 13.9 Å². The third-order valence-electron chi connectivity index (χ3n) is 12.7. The Kier molecular flexibility index (Phi) is 9.05. The van der Waals surface area contributed by atoms with Crippen LogP contribution in [-0.4, -0.2) is 4.57 Å². The minimum atomic E-state index is 0.852. The second-order valence-corrected chi connectivity index (χ2v) is 16.5. The first-order valence-electron chi connectivity index (χ1n) is 21.9. The largest absolute Gasteiger partial charge is 0.455 e. The lowest BCUT2D eigenvalue weighted by molar-refractivity contribution is 0.670. The van der Waals surface area contributed by atoms with Crippen LogP contribution in [0.2, 0.25) is 0 Å². The molecule has 302 valence electrons. The number of hydrogen-bond acceptors (Lipinski definition) is 2. The minimum Gasteiger partial charge on any atom is -0.455 e. The van der Waals surface area contributed by atoms with Gasteiger partial charge in [-0.05, 0) is 118 Å². The third kappa shape index (κ3) is 6.29. The van der Waals surface area contributed by atoms with Gasteiger partial charge in [0.25, 0.3) is 0 Å². The van der Waals surface area contributed by atoms with Crippen molar-refractivity contribution in [2.45, 2.75) is 6.92 Å². The molecule has 0 radical (unpaired) electrons. The van der Waals surface area contributed by atoms with Gasteiger partial charge >= 0.3 is 0 Å². The van der Waals surface area contributed by atoms with Crippen molar-refractivity contribution >= 4 is 60.8 Å². The maximum absolute atomic E-state index is 7.01. The van der Waals surface area contributed by atoms with Crippen LogP contribution < -0.4 is 4.90 Å². The van der Waals surface area contributed by atoms with Gasteiger partial charge in [-0.3, -0.25) is 0 Å². The second kappa shape index (κ2) is 15.5. The highest BCUT2D eigenvalue weighted by Gasteiger charge is 2.25. The first kappa shape index (κ1) is 37.4. The van der Waals surface area contributed by atoms with Crippen molar-refractivity contribution in [2.75, 3.05) is 4.90 Å². The lowest BCUT2D eigenvalue weighted by Gasteiger charge is -2.29. The number of benzene rings is 10. The average molecular weight is 819 g/mol. The highest BCUT2D eigenvalue weighted by molar-refractivity contribution is 6.17. The van der Waals surface area contributed by atoms with Crippen molar-refractivity contribution in [3.8, 4) is 50.2 Å². The molecule has 2 aromatic heterocycles. The van der Waals surface area contributed by atoms with Gasteiger partial charge in [0.15, 0.2) is 0 Å². The topological polar surface area (TPSA) is 21.3 Å². The van der Waals surface area contributed by atoms with Gasteiger partial charge in [-0.1, -0.05) is 170 Å². The molecular weight excluding hydrogens is 777 g/mol. The standard InChI is InChI=1S/C61H42N2O/c1-41-38-49(40-54(44-20-7-3-8-21-44)59(41)45-22-9-4-10-23-45)62(47-34-32-43(33-35-47)42-18-5-2-6-19-42)57-37-36-50(61-60(57)53-28-13-16-31-58(53)64-61)46-24-17-25-48(39-46)63-55-29-14-11-26-51(55)52-27-12-15-30-56(52)63/h2-40H,1H3. The zero-order valence-corrected chi connectivity index (χ0v) is 35.3. The summed E-state index contributed by atoms with van der Waals surface area (Å²) in [4.78, 5) is 2.42. The van der Waals surface area contributed by atoms with Crippen LogP contribution in [0.1, 0.15) is 5.56 Å². The molecule has 0 amide bonds. The van der Waals surface area contributed by atoms with E-state index in [0.29, 0.717) is 0 Å². The van der Waals surface area contributed by atoms with E-state index in [4.69, 9.17) is 4.42 Å². The first-order valence-corrected chi connectivity index (χ1v) is 21.9. The van der Waals surface area contributed by atoms with Gasteiger partial charge in [0.05, 0.1) is 22.1 Å². The molecule has 12 rings (SSSR count). The molecule has 2 heterocycles. The van der Waals surface area contributed by atoms with Gasteiger partial charge in [-0.15, -0.1) is 0 Å². The van der Waals surface area contributed by atoms with Crippen molar-refractivity contribution in [3.05, 3.63) is 242 Å². The molecule has 0 aliphatic rings. The second-order valence-electron chi connectivity index (χ2n) is 16.5. The fraction of sp³-hybridized carbons (Fsp3) is 0.0164. The number of hydrogen-bond donors (Lipinski definition) is 0. The highest BCUT2D eigenvalue weighted by Crippen LogP contribution is 2.49. The van der Waals surface area contributed by atoms with Crippen LogP contribution in [0.4, 0.5) is 17.1 Å². The Morgan fingerprint density at radius 3 is 1.64 bits per heavy atom. The Balaban J connectivity index is 1.10. The van der Waals surface area contributed by atoms with E-state index < -0.39 is 0 Å². The number of nitrogens with zero attached hydrogens (tertiary/aromatic N) is 2. The van der Waals surface area contributed by atoms with E-state index in [1.165, 1.54) is 60.8 Å². The average Bonchev–Trinajstić information content (AvgIpc) is 3.92. The maximum atomic E-state index is 7.01. The molecule has 3 heteroatoms. The molecule has 0 aliphatic carbocycles. The Labute approximate surface area is 372 Å². The minimum absolute atomic E-state index is 0.852. The number of furan rings is 1. The molecule has 0 aliphatic heterocycles. The van der Waals surface area contributed by atoms with Crippen molar-refractivity contribution in [2.24, 2.45) is 0 Å². The summed E-state index contributed by atoms with van der Waals surface area (Å²) in [5.41, 5.74) is 18.8. The quantitative estimate of drug-likeness (QED) is 0.152. The van der Waals surface area contributed by atoms with E-state index in [1.54, 1.807) is 0 Å². The number of aryl methyl sites for hydroxylation is 1. The normalized spacial score (nSPS) is 11.5. The molecule has 0 saturated carbocycles. The number of fused-ring (bicyclic) bond motifs is 6. The molecular formula is C61H42N2O. The summed E-state index contributed by atoms with van der Waals surface area (Å²) < 4.78 is 9.39. The molecule has 0 spiro atoms. The summed E-state index contributed by atoms with van der Waals surface area (Å²) in [6.45, 7) is 2.24. The lowest BCUT2D eigenvalue weighted by atomic mass is 9.90. The van der Waals surface area contributed by atoms with E-state index >= 15 is 0 Å². The van der Waals surface area contributed by atoms with Gasteiger partial charge in [-0.25, -0.2) is 0 Å². The molecule has 0 bridgehead atoms. The predicted octanol–water partition coefficient (Wildman–Crippen LogP) is 17.1. The van der Waals surface area contributed by atoms with Crippen molar-refractivity contribution < 1.29 is 4.42 Å². The van der Waals surface area contributed by atoms with Crippen LogP contribution in [0, 0.1) is 6.92 Å². The van der Waals surface area contributed by atoms with Crippen molar-refractivity contribution in [1.29, 1.82) is 0 Å². The Bertz CT molecular complexity index is 3610. The monoisotopic (exact) mass is 818 g/mol. The fourth-order valence-electron chi connectivity index (χ4n) is 9.83. The molecule has 10 aromatic carbocycles. The van der Waals surface area contributed by atoms with Crippen molar-refractivity contribution in [1.82, 2.24) is 4.57 Å². The van der Waals surface area contributed by atoms with Crippen LogP contribution in [0.3, 0.4) is 0 Å². The molecule has 12 aromatic rings. The molecule has 0 unspecified atom stereocenters. The molecule has 0 saturated heterocycles. The summed E-state index contributed by atoms with van der Waals surface area (Å²) in [7, 11) is 0. The van der Waals surface area contributed by atoms with E-state index in [9.17, 15) is 0 Å². The van der Waals surface area contributed by atoms with E-state index in [0.717, 1.165) is 55.8 Å². The van der Waals surface area contributed by atoms with E-state index in [1.807, 2.05) is 0 Å². The zero-order valence-electron chi connectivity index (χ0n) is 35.3. The number of aromatic nitrogens is 1. The Hall–Kier alpha value is -8.40. The lowest BCUT2D eigenvalue weighted by Crippen LogP contribution is -2.11. The number of anilines is 3. The summed E-state index contributed by atoms with van der Waals surface area (Å²) in [5.74, 6) is 0. The number of rotatable bonds is 8. The van der Waals surface area contributed by atoms with Crippen LogP contribution in [0.25, 0.3) is 93.9 Å². The molecule has 64 heavy (non-hydrogen) atoms. The van der Waals surface area contributed by atoms with Crippen LogP contribution in [0.15, 0.2) is 241 Å². The first-order chi connectivity index (χ1) is 31.7. The maximum Gasteiger partial charge on any atom is 0.145 e. The summed E-state index contributed by atoms with van der Waals surface area (Å²) in [6, 6.07) is 85.0. The fourth-order valence-corrected chi connectivity index (χ4v) is 9.83. The van der Waals surface area contributed by atoms with Gasteiger partial charge in [0.2, 0.25) is 0 Å². The number of para-hydroxylation sites is 3. The SMILES string of the molecule is Cc1cc(N(c2ccc(-c3ccccc3)cc2)c2ccc(-c3cccc(-n4c5ccccc5c5ccccc54)c3)c3oc4ccccc4c23)cc(-c2ccccc2)c1-c1ccccc1. The smallest absolute Gasteiger partial charge is 0.145 e. The highest BCUT2D eigenvalue weighted by atomic mass is 16.3. The van der Waals surface area contributed by atoms with Crippen LogP contribution in [0.5, 0.6) is 0 Å². The summed E-state index contributed by atoms with van der Waals surface area (Å²) >= 11 is 0. The van der Waals surface area contributed by atoms with Gasteiger partial charge in [-0.2, -0.15) is 0 Å². The van der Waals surface area contributed by atoms with Crippen molar-refractivity contribution in [3.63, 3.8) is 0 Å². The van der Waals surface area contributed by atoms with Gasteiger partial charge in [0.1, 0.15) is 11.2 Å².